The maximum Gasteiger partial charge on any atom is 0.405 e. The number of urea groups is 1. The summed E-state index contributed by atoms with van der Waals surface area (Å²) >= 11 is 0. The van der Waals surface area contributed by atoms with Crippen LogP contribution in [0.2, 0.25) is 0 Å². The van der Waals surface area contributed by atoms with E-state index in [0.717, 1.165) is 5.56 Å². The van der Waals surface area contributed by atoms with Crippen LogP contribution in [-0.2, 0) is 7.05 Å². The van der Waals surface area contributed by atoms with Gasteiger partial charge in [-0.2, -0.15) is 18.3 Å². The van der Waals surface area contributed by atoms with Gasteiger partial charge in [0.25, 0.3) is 0 Å². The fourth-order valence-electron chi connectivity index (χ4n) is 1.53. The summed E-state index contributed by atoms with van der Waals surface area (Å²) < 4.78 is 37.4. The third-order valence-electron chi connectivity index (χ3n) is 2.45. The number of hydrogen-bond donors (Lipinski definition) is 2. The lowest BCUT2D eigenvalue weighted by molar-refractivity contribution is -0.122. The molecule has 0 aliphatic carbocycles. The van der Waals surface area contributed by atoms with E-state index in [2.05, 4.69) is 15.4 Å². The molecular formula is C12H12F3N5O. The molecule has 0 radical (unpaired) electrons. The third-order valence-corrected chi connectivity index (χ3v) is 2.45. The van der Waals surface area contributed by atoms with E-state index in [9.17, 15) is 18.0 Å². The molecule has 0 aliphatic rings. The van der Waals surface area contributed by atoms with E-state index in [1.165, 1.54) is 0 Å². The first-order valence-electron chi connectivity index (χ1n) is 5.91. The first-order chi connectivity index (χ1) is 9.83. The standard InChI is InChI=1S/C12H12F3N5O/c1-20-7-17-10(19-20)8-2-4-9(5-3-8)18-11(21)16-6-12(13,14)15/h2-5,7H,6H2,1H3,(H2,16,18,21). The van der Waals surface area contributed by atoms with E-state index < -0.39 is 18.8 Å². The highest BCUT2D eigenvalue weighted by Gasteiger charge is 2.27. The van der Waals surface area contributed by atoms with Gasteiger partial charge in [0.2, 0.25) is 0 Å². The number of nitrogens with one attached hydrogen (secondary N) is 2. The van der Waals surface area contributed by atoms with Crippen LogP contribution in [0.3, 0.4) is 0 Å². The lowest BCUT2D eigenvalue weighted by atomic mass is 10.2. The summed E-state index contributed by atoms with van der Waals surface area (Å²) in [5.41, 5.74) is 1.10. The summed E-state index contributed by atoms with van der Waals surface area (Å²) in [5.74, 6) is 0.519. The number of hydrogen-bond acceptors (Lipinski definition) is 3. The fourth-order valence-corrected chi connectivity index (χ4v) is 1.53. The van der Waals surface area contributed by atoms with Gasteiger partial charge in [0, 0.05) is 18.3 Å². The van der Waals surface area contributed by atoms with Crippen LogP contribution in [0.15, 0.2) is 30.6 Å². The molecule has 21 heavy (non-hydrogen) atoms. The van der Waals surface area contributed by atoms with Crippen molar-refractivity contribution in [2.75, 3.05) is 11.9 Å². The van der Waals surface area contributed by atoms with Crippen LogP contribution in [0.25, 0.3) is 11.4 Å². The molecule has 0 unspecified atom stereocenters. The summed E-state index contributed by atoms with van der Waals surface area (Å²) in [4.78, 5) is 15.3. The second-order valence-electron chi connectivity index (χ2n) is 4.24. The molecule has 0 atom stereocenters. The molecule has 0 saturated carbocycles. The Labute approximate surface area is 118 Å². The van der Waals surface area contributed by atoms with Crippen molar-refractivity contribution in [1.29, 1.82) is 0 Å². The van der Waals surface area contributed by atoms with Crippen molar-refractivity contribution < 1.29 is 18.0 Å². The number of nitrogens with zero attached hydrogens (tertiary/aromatic N) is 3. The molecule has 1 heterocycles. The van der Waals surface area contributed by atoms with Crippen LogP contribution < -0.4 is 10.6 Å². The van der Waals surface area contributed by atoms with Gasteiger partial charge in [0.05, 0.1) is 0 Å². The zero-order valence-electron chi connectivity index (χ0n) is 11.0. The Kier molecular flexibility index (Phi) is 4.10. The van der Waals surface area contributed by atoms with Crippen molar-refractivity contribution in [3.8, 4) is 11.4 Å². The Balaban J connectivity index is 1.95. The molecule has 2 rings (SSSR count). The average Bonchev–Trinajstić information content (AvgIpc) is 2.83. The number of aromatic nitrogens is 3. The molecule has 2 aromatic rings. The van der Waals surface area contributed by atoms with Crippen molar-refractivity contribution in [2.24, 2.45) is 7.05 Å². The average molecular weight is 299 g/mol. The fraction of sp³-hybridized carbons (Fsp3) is 0.250. The van der Waals surface area contributed by atoms with E-state index in [0.29, 0.717) is 11.5 Å². The van der Waals surface area contributed by atoms with Crippen LogP contribution in [-0.4, -0.2) is 33.5 Å². The van der Waals surface area contributed by atoms with E-state index in [-0.39, 0.29) is 0 Å². The molecule has 0 aliphatic heterocycles. The van der Waals surface area contributed by atoms with Gasteiger partial charge >= 0.3 is 12.2 Å². The molecule has 0 saturated heterocycles. The number of carbonyl (C=O) groups excluding carboxylic acids is 1. The molecule has 1 aromatic heterocycles. The number of carbonyl (C=O) groups is 1. The van der Waals surface area contributed by atoms with Gasteiger partial charge in [0.1, 0.15) is 12.9 Å². The van der Waals surface area contributed by atoms with Crippen molar-refractivity contribution in [1.82, 2.24) is 20.1 Å². The Morgan fingerprint density at radius 3 is 2.48 bits per heavy atom. The predicted molar refractivity (Wildman–Crippen MR) is 69.5 cm³/mol. The zero-order valence-corrected chi connectivity index (χ0v) is 11.0. The molecular weight excluding hydrogens is 287 g/mol. The van der Waals surface area contributed by atoms with E-state index >= 15 is 0 Å². The second kappa shape index (κ2) is 5.81. The van der Waals surface area contributed by atoms with Gasteiger partial charge < -0.3 is 10.6 Å². The van der Waals surface area contributed by atoms with E-state index in [1.54, 1.807) is 47.6 Å². The maximum atomic E-state index is 11.9. The molecule has 6 nitrogen and oxygen atoms in total. The molecule has 0 bridgehead atoms. The summed E-state index contributed by atoms with van der Waals surface area (Å²) in [6, 6.07) is 5.51. The van der Waals surface area contributed by atoms with Crippen LogP contribution >= 0.6 is 0 Å². The minimum atomic E-state index is -4.44. The number of amides is 2. The van der Waals surface area contributed by atoms with Crippen molar-refractivity contribution in [3.05, 3.63) is 30.6 Å². The van der Waals surface area contributed by atoms with Gasteiger partial charge in [0.15, 0.2) is 5.82 Å². The molecule has 112 valence electrons. The highest BCUT2D eigenvalue weighted by Crippen LogP contribution is 2.17. The third kappa shape index (κ3) is 4.48. The number of rotatable bonds is 3. The Hall–Kier alpha value is -2.58. The molecule has 9 heteroatoms. The predicted octanol–water partition coefficient (Wildman–Crippen LogP) is 2.17. The Morgan fingerprint density at radius 2 is 1.95 bits per heavy atom. The van der Waals surface area contributed by atoms with Crippen molar-refractivity contribution >= 4 is 11.7 Å². The van der Waals surface area contributed by atoms with Crippen LogP contribution in [0.1, 0.15) is 0 Å². The SMILES string of the molecule is Cn1cnc(-c2ccc(NC(=O)NCC(F)(F)F)cc2)n1. The van der Waals surface area contributed by atoms with Gasteiger partial charge in [-0.25, -0.2) is 9.78 Å². The Bertz CT molecular complexity index is 621. The number of anilines is 1. The lowest BCUT2D eigenvalue weighted by Gasteiger charge is -2.09. The van der Waals surface area contributed by atoms with Gasteiger partial charge in [-0.15, -0.1) is 0 Å². The number of halogens is 3. The topological polar surface area (TPSA) is 71.8 Å². The molecule has 2 N–H and O–H groups in total. The van der Waals surface area contributed by atoms with Crippen molar-refractivity contribution in [2.45, 2.75) is 6.18 Å². The van der Waals surface area contributed by atoms with E-state index in [4.69, 9.17) is 0 Å². The van der Waals surface area contributed by atoms with Gasteiger partial charge in [-0.3, -0.25) is 4.68 Å². The summed E-state index contributed by atoms with van der Waals surface area (Å²) in [6.07, 6.45) is -2.89. The Morgan fingerprint density at radius 1 is 1.29 bits per heavy atom. The first-order valence-corrected chi connectivity index (χ1v) is 5.91. The minimum absolute atomic E-state index is 0.370. The first kappa shape index (κ1) is 14.8. The van der Waals surface area contributed by atoms with Crippen LogP contribution in [0.4, 0.5) is 23.7 Å². The quantitative estimate of drug-likeness (QED) is 0.912. The maximum absolute atomic E-state index is 11.9. The van der Waals surface area contributed by atoms with Gasteiger partial charge in [-0.1, -0.05) is 0 Å². The second-order valence-corrected chi connectivity index (χ2v) is 4.24. The number of alkyl halides is 3. The summed E-state index contributed by atoms with van der Waals surface area (Å²) in [7, 11) is 1.73. The largest absolute Gasteiger partial charge is 0.405 e. The van der Waals surface area contributed by atoms with Crippen LogP contribution in [0.5, 0.6) is 0 Å². The lowest BCUT2D eigenvalue weighted by Crippen LogP contribution is -2.36. The molecule has 0 fully saturated rings. The number of aryl methyl sites for hydroxylation is 1. The molecule has 0 spiro atoms. The monoisotopic (exact) mass is 299 g/mol. The molecule has 2 amide bonds. The molecule has 1 aromatic carbocycles. The number of benzene rings is 1. The highest BCUT2D eigenvalue weighted by molar-refractivity contribution is 5.89. The van der Waals surface area contributed by atoms with Crippen molar-refractivity contribution in [3.63, 3.8) is 0 Å². The normalized spacial score (nSPS) is 11.2. The minimum Gasteiger partial charge on any atom is -0.329 e. The van der Waals surface area contributed by atoms with Crippen LogP contribution in [0, 0.1) is 0 Å². The van der Waals surface area contributed by atoms with E-state index in [1.807, 2.05) is 0 Å². The summed E-state index contributed by atoms with van der Waals surface area (Å²) in [6.45, 7) is -1.38. The zero-order chi connectivity index (χ0) is 15.5. The summed E-state index contributed by atoms with van der Waals surface area (Å²) in [5, 5.41) is 8.13. The van der Waals surface area contributed by atoms with Gasteiger partial charge in [-0.05, 0) is 24.3 Å². The highest BCUT2D eigenvalue weighted by atomic mass is 19.4. The smallest absolute Gasteiger partial charge is 0.329 e.